The van der Waals surface area contributed by atoms with E-state index in [1.54, 1.807) is 6.92 Å². The zero-order valence-electron chi connectivity index (χ0n) is 13.5. The number of carbonyl (C=O) groups is 2. The number of halogens is 3. The third kappa shape index (κ3) is 4.97. The molecule has 1 aromatic carbocycles. The highest BCUT2D eigenvalue weighted by Crippen LogP contribution is 2.30. The lowest BCUT2D eigenvalue weighted by atomic mass is 9.85. The van der Waals surface area contributed by atoms with Gasteiger partial charge in [-0.2, -0.15) is 13.2 Å². The number of alkyl halides is 3. The van der Waals surface area contributed by atoms with Crippen LogP contribution in [0.25, 0.3) is 0 Å². The second-order valence-corrected chi connectivity index (χ2v) is 6.08. The van der Waals surface area contributed by atoms with Crippen molar-refractivity contribution in [2.45, 2.75) is 44.8 Å². The Labute approximate surface area is 138 Å². The number of hydrogen-bond acceptors (Lipinski definition) is 2. The van der Waals surface area contributed by atoms with Crippen molar-refractivity contribution >= 4 is 11.8 Å². The minimum atomic E-state index is -4.37. The van der Waals surface area contributed by atoms with Gasteiger partial charge in [0.1, 0.15) is 0 Å². The fourth-order valence-corrected chi connectivity index (χ4v) is 2.47. The number of nitrogens with one attached hydrogen (secondary N) is 2. The molecule has 1 fully saturated rings. The van der Waals surface area contributed by atoms with E-state index in [1.165, 1.54) is 12.1 Å². The molecule has 24 heavy (non-hydrogen) atoms. The van der Waals surface area contributed by atoms with Gasteiger partial charge in [0.2, 0.25) is 11.8 Å². The second kappa shape index (κ2) is 7.68. The second-order valence-electron chi connectivity index (χ2n) is 6.08. The molecule has 0 saturated heterocycles. The molecule has 4 nitrogen and oxygen atoms in total. The number of carbonyl (C=O) groups excluding carboxylic acids is 2. The van der Waals surface area contributed by atoms with Crippen LogP contribution < -0.4 is 10.6 Å². The van der Waals surface area contributed by atoms with E-state index in [1.807, 2.05) is 0 Å². The summed E-state index contributed by atoms with van der Waals surface area (Å²) in [6, 6.07) is 4.30. The van der Waals surface area contributed by atoms with Crippen molar-refractivity contribution in [2.75, 3.05) is 6.54 Å². The number of rotatable bonds is 6. The Balaban J connectivity index is 1.75. The zero-order chi connectivity index (χ0) is 17.7. The van der Waals surface area contributed by atoms with Crippen LogP contribution in [0.1, 0.15) is 49.8 Å². The maximum atomic E-state index is 12.5. The molecule has 2 rings (SSSR count). The number of benzene rings is 1. The van der Waals surface area contributed by atoms with Gasteiger partial charge >= 0.3 is 6.18 Å². The van der Waals surface area contributed by atoms with E-state index in [2.05, 4.69) is 10.6 Å². The minimum Gasteiger partial charge on any atom is -0.355 e. The van der Waals surface area contributed by atoms with E-state index in [-0.39, 0.29) is 30.7 Å². The average molecular weight is 342 g/mol. The van der Waals surface area contributed by atoms with E-state index in [9.17, 15) is 22.8 Å². The first-order valence-electron chi connectivity index (χ1n) is 8.01. The first-order chi connectivity index (χ1) is 11.3. The molecule has 1 aromatic rings. The molecule has 1 saturated carbocycles. The van der Waals surface area contributed by atoms with Crippen molar-refractivity contribution in [3.05, 3.63) is 35.4 Å². The van der Waals surface area contributed by atoms with Gasteiger partial charge in [0.15, 0.2) is 0 Å². The van der Waals surface area contributed by atoms with Crippen LogP contribution in [0.15, 0.2) is 24.3 Å². The van der Waals surface area contributed by atoms with E-state index in [0.717, 1.165) is 31.4 Å². The molecule has 1 aliphatic carbocycles. The Kier molecular flexibility index (Phi) is 5.85. The highest BCUT2D eigenvalue weighted by atomic mass is 19.4. The van der Waals surface area contributed by atoms with Crippen molar-refractivity contribution in [1.82, 2.24) is 10.6 Å². The summed E-state index contributed by atoms with van der Waals surface area (Å²) in [5.74, 6) is -0.180. The molecule has 1 atom stereocenters. The molecule has 0 radical (unpaired) electrons. The van der Waals surface area contributed by atoms with Crippen LogP contribution in [0, 0.1) is 5.92 Å². The number of hydrogen-bond donors (Lipinski definition) is 2. The molecule has 2 amide bonds. The normalized spacial score (nSPS) is 16.2. The van der Waals surface area contributed by atoms with E-state index >= 15 is 0 Å². The molecule has 0 spiro atoms. The highest BCUT2D eigenvalue weighted by molar-refractivity contribution is 5.81. The molecule has 0 unspecified atom stereocenters. The van der Waals surface area contributed by atoms with Gasteiger partial charge in [0.25, 0.3) is 0 Å². The molecule has 7 heteroatoms. The van der Waals surface area contributed by atoms with Gasteiger partial charge in [-0.15, -0.1) is 0 Å². The largest absolute Gasteiger partial charge is 0.416 e. The third-order valence-corrected chi connectivity index (χ3v) is 4.24. The first-order valence-corrected chi connectivity index (χ1v) is 8.01. The Morgan fingerprint density at radius 2 is 1.83 bits per heavy atom. The van der Waals surface area contributed by atoms with Gasteiger partial charge in [-0.1, -0.05) is 18.6 Å². The van der Waals surface area contributed by atoms with E-state index in [0.29, 0.717) is 5.56 Å². The maximum absolute atomic E-state index is 12.5. The average Bonchev–Trinajstić information content (AvgIpc) is 2.44. The van der Waals surface area contributed by atoms with Crippen molar-refractivity contribution in [3.8, 4) is 0 Å². The highest BCUT2D eigenvalue weighted by Gasteiger charge is 2.30. The molecule has 0 aliphatic heterocycles. The van der Waals surface area contributed by atoms with Crippen LogP contribution in [0.3, 0.4) is 0 Å². The van der Waals surface area contributed by atoms with Crippen LogP contribution >= 0.6 is 0 Å². The monoisotopic (exact) mass is 342 g/mol. The molecule has 132 valence electrons. The SMILES string of the molecule is C[C@@H](NC(=O)CCNC(=O)C1CCC1)c1ccc(C(F)(F)F)cc1. The van der Waals surface area contributed by atoms with Crippen molar-refractivity contribution < 1.29 is 22.8 Å². The van der Waals surface area contributed by atoms with Crippen LogP contribution in [0.4, 0.5) is 13.2 Å². The molecular formula is C17H21F3N2O2. The van der Waals surface area contributed by atoms with E-state index in [4.69, 9.17) is 0 Å². The topological polar surface area (TPSA) is 58.2 Å². The predicted octanol–water partition coefficient (Wildman–Crippen LogP) is 3.19. The lowest BCUT2D eigenvalue weighted by Crippen LogP contribution is -2.37. The Bertz CT molecular complexity index is 580. The van der Waals surface area contributed by atoms with Gasteiger partial charge in [0.05, 0.1) is 11.6 Å². The van der Waals surface area contributed by atoms with Gasteiger partial charge in [-0.25, -0.2) is 0 Å². The summed E-state index contributed by atoms with van der Waals surface area (Å²) >= 11 is 0. The molecule has 0 heterocycles. The zero-order valence-corrected chi connectivity index (χ0v) is 13.5. The summed E-state index contributed by atoms with van der Waals surface area (Å²) in [4.78, 5) is 23.5. The summed E-state index contributed by atoms with van der Waals surface area (Å²) < 4.78 is 37.6. The Morgan fingerprint density at radius 3 is 2.33 bits per heavy atom. The standard InChI is InChI=1S/C17H21F3N2O2/c1-11(12-5-7-14(8-6-12)17(18,19)20)22-15(23)9-10-21-16(24)13-3-2-4-13/h5-8,11,13H,2-4,9-10H2,1H3,(H,21,24)(H,22,23)/t11-/m1/s1. The summed E-state index contributed by atoms with van der Waals surface area (Å²) in [5.41, 5.74) is -0.127. The third-order valence-electron chi connectivity index (χ3n) is 4.24. The van der Waals surface area contributed by atoms with Crippen molar-refractivity contribution in [1.29, 1.82) is 0 Å². The Morgan fingerprint density at radius 1 is 1.21 bits per heavy atom. The van der Waals surface area contributed by atoms with Gasteiger partial charge in [-0.3, -0.25) is 9.59 Å². The Hall–Kier alpha value is -2.05. The van der Waals surface area contributed by atoms with Crippen molar-refractivity contribution in [3.63, 3.8) is 0 Å². The van der Waals surface area contributed by atoms with Crippen LogP contribution in [-0.2, 0) is 15.8 Å². The van der Waals surface area contributed by atoms with Crippen LogP contribution in [-0.4, -0.2) is 18.4 Å². The van der Waals surface area contributed by atoms with Gasteiger partial charge in [-0.05, 0) is 37.5 Å². The maximum Gasteiger partial charge on any atom is 0.416 e. The number of amides is 2. The minimum absolute atomic E-state index is 0.00941. The summed E-state index contributed by atoms with van der Waals surface area (Å²) in [5, 5.41) is 5.44. The molecular weight excluding hydrogens is 321 g/mol. The van der Waals surface area contributed by atoms with Gasteiger partial charge < -0.3 is 10.6 Å². The van der Waals surface area contributed by atoms with E-state index < -0.39 is 17.8 Å². The van der Waals surface area contributed by atoms with Crippen LogP contribution in [0.5, 0.6) is 0 Å². The molecule has 0 bridgehead atoms. The van der Waals surface area contributed by atoms with Crippen molar-refractivity contribution in [2.24, 2.45) is 5.92 Å². The lowest BCUT2D eigenvalue weighted by molar-refractivity contribution is -0.137. The molecule has 1 aliphatic rings. The van der Waals surface area contributed by atoms with Gasteiger partial charge in [0, 0.05) is 18.9 Å². The smallest absolute Gasteiger partial charge is 0.355 e. The van der Waals surface area contributed by atoms with Crippen LogP contribution in [0.2, 0.25) is 0 Å². The fraction of sp³-hybridized carbons (Fsp3) is 0.529. The lowest BCUT2D eigenvalue weighted by Gasteiger charge is -2.24. The summed E-state index contributed by atoms with van der Waals surface area (Å²) in [7, 11) is 0. The summed E-state index contributed by atoms with van der Waals surface area (Å²) in [6.45, 7) is 1.97. The fourth-order valence-electron chi connectivity index (χ4n) is 2.47. The molecule has 0 aromatic heterocycles. The first kappa shape index (κ1) is 18.3. The quantitative estimate of drug-likeness (QED) is 0.834. The predicted molar refractivity (Wildman–Crippen MR) is 83.0 cm³/mol. The molecule has 2 N–H and O–H groups in total. The summed E-state index contributed by atoms with van der Waals surface area (Å²) in [6.07, 6.45) is -1.34.